The number of H-pyrrole nitrogens is 2. The first kappa shape index (κ1) is 22.8. The Kier molecular flexibility index (Phi) is 5.44. The maximum Gasteiger partial charge on any atom is 0.157 e. The van der Waals surface area contributed by atoms with E-state index in [1.54, 1.807) is 12.3 Å². The summed E-state index contributed by atoms with van der Waals surface area (Å²) in [4.78, 5) is 19.6. The van der Waals surface area contributed by atoms with E-state index in [1.165, 1.54) is 12.1 Å². The molecule has 0 saturated carbocycles. The minimum absolute atomic E-state index is 0.134. The van der Waals surface area contributed by atoms with E-state index in [9.17, 15) is 4.39 Å². The molecule has 184 valence electrons. The lowest BCUT2D eigenvalue weighted by Gasteiger charge is -2.13. The zero-order chi connectivity index (χ0) is 25.7. The smallest absolute Gasteiger partial charge is 0.157 e. The van der Waals surface area contributed by atoms with Crippen molar-refractivity contribution in [1.82, 2.24) is 25.1 Å². The average molecular weight is 492 g/mol. The molecule has 1 aliphatic heterocycles. The van der Waals surface area contributed by atoms with Crippen LogP contribution in [0, 0.1) is 12.7 Å². The summed E-state index contributed by atoms with van der Waals surface area (Å²) in [6.07, 6.45) is 7.37. The van der Waals surface area contributed by atoms with Gasteiger partial charge in [0.2, 0.25) is 0 Å². The first-order chi connectivity index (χ1) is 17.9. The number of allylic oxidation sites excluding steroid dienone is 1. The van der Waals surface area contributed by atoms with E-state index in [2.05, 4.69) is 50.3 Å². The van der Waals surface area contributed by atoms with Gasteiger partial charge in [0.25, 0.3) is 0 Å². The SMILES string of the molecule is Cc1cc(-c2cncc(N(C)C)c2)cc2c(-c3nc4c([nH]3)C(C)N=CC=C4c3cccc(F)c3)[nH]nc12. The fourth-order valence-corrected chi connectivity index (χ4v) is 4.77. The van der Waals surface area contributed by atoms with Crippen molar-refractivity contribution in [3.8, 4) is 22.6 Å². The van der Waals surface area contributed by atoms with Crippen molar-refractivity contribution in [1.29, 1.82) is 0 Å². The number of benzene rings is 2. The number of anilines is 1. The molecule has 0 aliphatic carbocycles. The summed E-state index contributed by atoms with van der Waals surface area (Å²) in [6.45, 7) is 4.07. The zero-order valence-corrected chi connectivity index (χ0v) is 21.0. The highest BCUT2D eigenvalue weighted by Crippen LogP contribution is 2.36. The van der Waals surface area contributed by atoms with Gasteiger partial charge in [0, 0.05) is 43.0 Å². The van der Waals surface area contributed by atoms with Crippen LogP contribution in [0.25, 0.3) is 39.1 Å². The number of imidazole rings is 1. The van der Waals surface area contributed by atoms with Gasteiger partial charge in [-0.05, 0) is 66.9 Å². The minimum Gasteiger partial charge on any atom is -0.376 e. The van der Waals surface area contributed by atoms with E-state index in [4.69, 9.17) is 4.98 Å². The van der Waals surface area contributed by atoms with Crippen LogP contribution in [0.3, 0.4) is 0 Å². The van der Waals surface area contributed by atoms with E-state index in [0.717, 1.165) is 61.5 Å². The number of pyridine rings is 1. The highest BCUT2D eigenvalue weighted by atomic mass is 19.1. The summed E-state index contributed by atoms with van der Waals surface area (Å²) < 4.78 is 14.1. The number of hydrogen-bond acceptors (Lipinski definition) is 5. The van der Waals surface area contributed by atoms with Crippen molar-refractivity contribution >= 4 is 28.4 Å². The Balaban J connectivity index is 1.50. The first-order valence-corrected chi connectivity index (χ1v) is 12.1. The van der Waals surface area contributed by atoms with Gasteiger partial charge < -0.3 is 9.88 Å². The Morgan fingerprint density at radius 2 is 1.86 bits per heavy atom. The Morgan fingerprint density at radius 1 is 1.00 bits per heavy atom. The van der Waals surface area contributed by atoms with Crippen molar-refractivity contribution in [3.05, 3.63) is 89.3 Å². The molecule has 3 aromatic heterocycles. The molecule has 0 amide bonds. The predicted molar refractivity (Wildman–Crippen MR) is 146 cm³/mol. The second-order valence-corrected chi connectivity index (χ2v) is 9.53. The van der Waals surface area contributed by atoms with Crippen LogP contribution in [0.4, 0.5) is 10.1 Å². The van der Waals surface area contributed by atoms with Gasteiger partial charge >= 0.3 is 0 Å². The van der Waals surface area contributed by atoms with E-state index < -0.39 is 0 Å². The van der Waals surface area contributed by atoms with E-state index in [1.807, 2.05) is 50.5 Å². The molecule has 1 unspecified atom stereocenters. The second-order valence-electron chi connectivity index (χ2n) is 9.53. The molecule has 0 bridgehead atoms. The predicted octanol–water partition coefficient (Wildman–Crippen LogP) is 6.11. The van der Waals surface area contributed by atoms with E-state index >= 15 is 0 Å². The van der Waals surface area contributed by atoms with Crippen molar-refractivity contribution in [2.24, 2.45) is 4.99 Å². The Bertz CT molecular complexity index is 1710. The molecular weight excluding hydrogens is 465 g/mol. The lowest BCUT2D eigenvalue weighted by molar-refractivity contribution is 0.627. The third-order valence-electron chi connectivity index (χ3n) is 6.75. The molecule has 0 spiro atoms. The normalized spacial score (nSPS) is 14.9. The maximum absolute atomic E-state index is 14.1. The fraction of sp³-hybridized carbons (Fsp3) is 0.172. The minimum atomic E-state index is -0.291. The molecule has 0 fully saturated rings. The molecular formula is C29H26FN7. The van der Waals surface area contributed by atoms with Crippen molar-refractivity contribution < 1.29 is 4.39 Å². The zero-order valence-electron chi connectivity index (χ0n) is 21.0. The number of fused-ring (bicyclic) bond motifs is 2. The molecule has 4 heterocycles. The van der Waals surface area contributed by atoms with Crippen LogP contribution in [0.15, 0.2) is 65.9 Å². The first-order valence-electron chi connectivity index (χ1n) is 12.1. The highest BCUT2D eigenvalue weighted by molar-refractivity contribution is 5.97. The molecule has 0 saturated heterocycles. The molecule has 8 heteroatoms. The summed E-state index contributed by atoms with van der Waals surface area (Å²) in [5.74, 6) is 0.371. The number of hydrogen-bond donors (Lipinski definition) is 2. The number of nitrogens with one attached hydrogen (secondary N) is 2. The third-order valence-corrected chi connectivity index (χ3v) is 6.75. The Labute approximate surface area is 213 Å². The molecule has 7 nitrogen and oxygen atoms in total. The largest absolute Gasteiger partial charge is 0.376 e. The number of rotatable bonds is 4. The summed E-state index contributed by atoms with van der Waals surface area (Å²) in [7, 11) is 4.00. The van der Waals surface area contributed by atoms with Gasteiger partial charge in [0.05, 0.1) is 34.8 Å². The summed E-state index contributed by atoms with van der Waals surface area (Å²) in [5.41, 5.74) is 9.03. The van der Waals surface area contributed by atoms with Gasteiger partial charge in [0.1, 0.15) is 11.5 Å². The molecule has 1 aliphatic rings. The molecule has 2 N–H and O–H groups in total. The summed E-state index contributed by atoms with van der Waals surface area (Å²) >= 11 is 0. The Morgan fingerprint density at radius 3 is 2.68 bits per heavy atom. The van der Waals surface area contributed by atoms with Crippen molar-refractivity contribution in [2.75, 3.05) is 19.0 Å². The quantitative estimate of drug-likeness (QED) is 0.318. The van der Waals surface area contributed by atoms with E-state index in [0.29, 0.717) is 5.82 Å². The second kappa shape index (κ2) is 8.81. The molecule has 2 aromatic carbocycles. The van der Waals surface area contributed by atoms with Gasteiger partial charge in [-0.2, -0.15) is 5.10 Å². The lowest BCUT2D eigenvalue weighted by atomic mass is 10.00. The fourth-order valence-electron chi connectivity index (χ4n) is 4.77. The lowest BCUT2D eigenvalue weighted by Crippen LogP contribution is -2.08. The number of aliphatic imine (C=N–C) groups is 1. The van der Waals surface area contributed by atoms with Crippen molar-refractivity contribution in [2.45, 2.75) is 19.9 Å². The molecule has 37 heavy (non-hydrogen) atoms. The van der Waals surface area contributed by atoms with Crippen LogP contribution >= 0.6 is 0 Å². The monoisotopic (exact) mass is 491 g/mol. The summed E-state index contributed by atoms with van der Waals surface area (Å²) in [5, 5.41) is 8.76. The Hall–Kier alpha value is -4.59. The number of halogens is 1. The van der Waals surface area contributed by atoms with Gasteiger partial charge in [-0.1, -0.05) is 12.1 Å². The van der Waals surface area contributed by atoms with Crippen LogP contribution in [-0.2, 0) is 0 Å². The van der Waals surface area contributed by atoms with E-state index in [-0.39, 0.29) is 11.9 Å². The van der Waals surface area contributed by atoms with Gasteiger partial charge in [-0.3, -0.25) is 15.1 Å². The maximum atomic E-state index is 14.1. The molecule has 0 radical (unpaired) electrons. The van der Waals surface area contributed by atoms with Crippen LogP contribution in [0.5, 0.6) is 0 Å². The van der Waals surface area contributed by atoms with Crippen LogP contribution in [0.2, 0.25) is 0 Å². The topological polar surface area (TPSA) is 85.9 Å². The number of nitrogens with zero attached hydrogens (tertiary/aromatic N) is 5. The number of aryl methyl sites for hydroxylation is 1. The molecule has 6 rings (SSSR count). The van der Waals surface area contributed by atoms with Gasteiger partial charge in [-0.25, -0.2) is 9.37 Å². The van der Waals surface area contributed by atoms with Crippen LogP contribution in [-0.4, -0.2) is 45.5 Å². The van der Waals surface area contributed by atoms with Crippen molar-refractivity contribution in [3.63, 3.8) is 0 Å². The third kappa shape index (κ3) is 4.00. The van der Waals surface area contributed by atoms with Crippen LogP contribution in [0.1, 0.15) is 35.5 Å². The number of aromatic amines is 2. The van der Waals surface area contributed by atoms with Crippen LogP contribution < -0.4 is 4.90 Å². The molecule has 5 aromatic rings. The number of aromatic nitrogens is 5. The molecule has 1 atom stereocenters. The van der Waals surface area contributed by atoms with Gasteiger partial charge in [0.15, 0.2) is 5.82 Å². The standard InChI is InChI=1S/C29H26FN7/c1-16-10-19(20-12-22(37(3)4)15-31-14-20)13-24-25(16)35-36-28(24)29-33-26-17(2)32-9-8-23(27(26)34-29)18-6-5-7-21(30)11-18/h5-15,17H,1-4H3,(H,33,34)(H,35,36). The highest BCUT2D eigenvalue weighted by Gasteiger charge is 2.24. The average Bonchev–Trinajstić information content (AvgIpc) is 3.48. The summed E-state index contributed by atoms with van der Waals surface area (Å²) in [6, 6.07) is 12.8. The van der Waals surface area contributed by atoms with Gasteiger partial charge in [-0.15, -0.1) is 0 Å².